The van der Waals surface area contributed by atoms with Gasteiger partial charge in [0, 0.05) is 0 Å². The first-order valence-corrected chi connectivity index (χ1v) is 8.11. The molecule has 0 aliphatic carbocycles. The van der Waals surface area contributed by atoms with E-state index >= 15 is 0 Å². The maximum atomic E-state index is 11.0. The first-order chi connectivity index (χ1) is 9.59. The average Bonchev–Trinajstić information content (AvgIpc) is 2.52. The third kappa shape index (κ3) is 3.24. The van der Waals surface area contributed by atoms with E-state index in [1.807, 2.05) is 0 Å². The van der Waals surface area contributed by atoms with Crippen LogP contribution in [0.2, 0.25) is 0 Å². The summed E-state index contributed by atoms with van der Waals surface area (Å²) in [6.07, 6.45) is 2.51. The van der Waals surface area contributed by atoms with Gasteiger partial charge in [-0.3, -0.25) is 4.90 Å². The van der Waals surface area contributed by atoms with Gasteiger partial charge in [0.05, 0.1) is 11.6 Å². The highest BCUT2D eigenvalue weighted by atomic mass is 16.3. The molecule has 0 saturated heterocycles. The Hall–Kier alpha value is -0.860. The number of hydrogen-bond acceptors (Lipinski definition) is 2. The molecule has 0 aliphatic rings. The molecule has 1 N–H and O–H groups in total. The number of aliphatic hydroxyl groups excluding tert-OH is 1. The fourth-order valence-electron chi connectivity index (χ4n) is 3.40. The Labute approximate surface area is 124 Å². The van der Waals surface area contributed by atoms with Crippen LogP contribution in [0, 0.1) is 0 Å². The summed E-state index contributed by atoms with van der Waals surface area (Å²) in [7, 11) is 0. The molecule has 0 fully saturated rings. The van der Waals surface area contributed by atoms with Crippen LogP contribution in [0.5, 0.6) is 0 Å². The lowest BCUT2D eigenvalue weighted by atomic mass is 9.80. The van der Waals surface area contributed by atoms with Gasteiger partial charge in [-0.15, -0.1) is 0 Å². The molecule has 0 spiro atoms. The normalized spacial score (nSPS) is 13.8. The lowest BCUT2D eigenvalue weighted by Crippen LogP contribution is -2.52. The van der Waals surface area contributed by atoms with Gasteiger partial charge in [0.1, 0.15) is 0 Å². The van der Waals surface area contributed by atoms with Crippen LogP contribution >= 0.6 is 0 Å². The zero-order chi connectivity index (χ0) is 15.2. The summed E-state index contributed by atoms with van der Waals surface area (Å²) in [4.78, 5) is 2.41. The van der Waals surface area contributed by atoms with Crippen LogP contribution in [-0.4, -0.2) is 28.6 Å². The van der Waals surface area contributed by atoms with Crippen molar-refractivity contribution in [3.8, 4) is 0 Å². The molecule has 1 aromatic carbocycles. The van der Waals surface area contributed by atoms with Gasteiger partial charge in [0.15, 0.2) is 0 Å². The first-order valence-electron chi connectivity index (χ1n) is 8.11. The quantitative estimate of drug-likeness (QED) is 0.770. The second-order valence-electron chi connectivity index (χ2n) is 5.48. The van der Waals surface area contributed by atoms with Crippen molar-refractivity contribution < 1.29 is 5.11 Å². The number of likely N-dealkylation sites (N-methyl/N-ethyl adjacent to an activating group) is 1. The zero-order valence-corrected chi connectivity index (χ0v) is 13.8. The summed E-state index contributed by atoms with van der Waals surface area (Å²) in [6.45, 7) is 12.8. The van der Waals surface area contributed by atoms with Crippen molar-refractivity contribution in [1.29, 1.82) is 0 Å². The predicted molar refractivity (Wildman–Crippen MR) is 87.0 cm³/mol. The Morgan fingerprint density at radius 1 is 1.05 bits per heavy atom. The van der Waals surface area contributed by atoms with Crippen molar-refractivity contribution in [1.82, 2.24) is 4.90 Å². The van der Waals surface area contributed by atoms with E-state index in [-0.39, 0.29) is 5.54 Å². The maximum Gasteiger partial charge on any atom is 0.0973 e. The Morgan fingerprint density at radius 2 is 1.65 bits per heavy atom. The van der Waals surface area contributed by atoms with Crippen molar-refractivity contribution >= 4 is 0 Å². The van der Waals surface area contributed by atoms with E-state index in [2.05, 4.69) is 63.8 Å². The maximum absolute atomic E-state index is 11.0. The molecule has 0 aliphatic heterocycles. The van der Waals surface area contributed by atoms with E-state index in [9.17, 15) is 5.11 Å². The molecule has 1 rings (SSSR count). The molecule has 2 heteroatoms. The van der Waals surface area contributed by atoms with Crippen LogP contribution in [0.3, 0.4) is 0 Å². The second-order valence-corrected chi connectivity index (χ2v) is 5.48. The third-order valence-corrected chi connectivity index (χ3v) is 4.80. The van der Waals surface area contributed by atoms with Crippen LogP contribution in [-0.2, 0) is 6.42 Å². The molecule has 1 aromatic rings. The number of aliphatic hydroxyl groups is 1. The Kier molecular flexibility index (Phi) is 6.70. The van der Waals surface area contributed by atoms with E-state index in [0.29, 0.717) is 0 Å². The molecule has 2 nitrogen and oxygen atoms in total. The SMILES string of the molecule is CCc1cccc(C(O)C(CC)(CC)N(CC)CC)c1. The van der Waals surface area contributed by atoms with E-state index in [1.54, 1.807) is 0 Å². The van der Waals surface area contributed by atoms with Gasteiger partial charge >= 0.3 is 0 Å². The van der Waals surface area contributed by atoms with E-state index in [0.717, 1.165) is 37.9 Å². The summed E-state index contributed by atoms with van der Waals surface area (Å²) in [5.74, 6) is 0. The monoisotopic (exact) mass is 277 g/mol. The number of nitrogens with zero attached hydrogens (tertiary/aromatic N) is 1. The Morgan fingerprint density at radius 3 is 2.10 bits per heavy atom. The number of rotatable bonds is 8. The van der Waals surface area contributed by atoms with Gasteiger partial charge in [-0.2, -0.15) is 0 Å². The largest absolute Gasteiger partial charge is 0.386 e. The molecule has 114 valence electrons. The molecule has 0 amide bonds. The summed E-state index contributed by atoms with van der Waals surface area (Å²) in [5.41, 5.74) is 2.19. The summed E-state index contributed by atoms with van der Waals surface area (Å²) < 4.78 is 0. The topological polar surface area (TPSA) is 23.5 Å². The fraction of sp³-hybridized carbons (Fsp3) is 0.667. The molecule has 0 heterocycles. The highest BCUT2D eigenvalue weighted by molar-refractivity contribution is 5.27. The zero-order valence-electron chi connectivity index (χ0n) is 13.8. The van der Waals surface area contributed by atoms with Gasteiger partial charge in [-0.1, -0.05) is 58.9 Å². The molecule has 0 aromatic heterocycles. The molecule has 1 unspecified atom stereocenters. The summed E-state index contributed by atoms with van der Waals surface area (Å²) in [5, 5.41) is 11.0. The van der Waals surface area contributed by atoms with Gasteiger partial charge in [0.25, 0.3) is 0 Å². The van der Waals surface area contributed by atoms with Crippen LogP contribution in [0.15, 0.2) is 24.3 Å². The van der Waals surface area contributed by atoms with Gasteiger partial charge in [-0.25, -0.2) is 0 Å². The van der Waals surface area contributed by atoms with E-state index in [4.69, 9.17) is 0 Å². The number of benzene rings is 1. The smallest absolute Gasteiger partial charge is 0.0973 e. The highest BCUT2D eigenvalue weighted by Gasteiger charge is 2.39. The van der Waals surface area contributed by atoms with E-state index < -0.39 is 6.10 Å². The lowest BCUT2D eigenvalue weighted by molar-refractivity contribution is -0.0366. The minimum absolute atomic E-state index is 0.157. The van der Waals surface area contributed by atoms with Crippen LogP contribution in [0.4, 0.5) is 0 Å². The van der Waals surface area contributed by atoms with Gasteiger partial charge < -0.3 is 5.11 Å². The summed E-state index contributed by atoms with van der Waals surface area (Å²) in [6, 6.07) is 8.42. The van der Waals surface area contributed by atoms with Crippen LogP contribution in [0.1, 0.15) is 64.7 Å². The summed E-state index contributed by atoms with van der Waals surface area (Å²) >= 11 is 0. The standard InChI is InChI=1S/C18H31NO/c1-6-15-12-11-13-16(14-15)17(20)18(7-2,8-3)19(9-4)10-5/h11-14,17,20H,6-10H2,1-5H3. The highest BCUT2D eigenvalue weighted by Crippen LogP contribution is 2.37. The number of aryl methyl sites for hydroxylation is 1. The molecule has 0 bridgehead atoms. The third-order valence-electron chi connectivity index (χ3n) is 4.80. The second kappa shape index (κ2) is 7.80. The van der Waals surface area contributed by atoms with Crippen LogP contribution in [0.25, 0.3) is 0 Å². The minimum atomic E-state index is -0.427. The average molecular weight is 277 g/mol. The molecule has 0 radical (unpaired) electrons. The molecule has 0 saturated carbocycles. The van der Waals surface area contributed by atoms with Gasteiger partial charge in [-0.05, 0) is 43.5 Å². The van der Waals surface area contributed by atoms with Crippen molar-refractivity contribution in [3.63, 3.8) is 0 Å². The van der Waals surface area contributed by atoms with Crippen molar-refractivity contribution in [2.24, 2.45) is 0 Å². The van der Waals surface area contributed by atoms with Crippen molar-refractivity contribution in [3.05, 3.63) is 35.4 Å². The van der Waals surface area contributed by atoms with Crippen molar-refractivity contribution in [2.45, 2.75) is 65.5 Å². The molecule has 1 atom stereocenters. The molecule has 20 heavy (non-hydrogen) atoms. The molecular formula is C18H31NO. The Balaban J connectivity index is 3.18. The van der Waals surface area contributed by atoms with Gasteiger partial charge in [0.2, 0.25) is 0 Å². The predicted octanol–water partition coefficient (Wildman–Crippen LogP) is 4.18. The number of hydrogen-bond donors (Lipinski definition) is 1. The van der Waals surface area contributed by atoms with E-state index in [1.165, 1.54) is 5.56 Å². The van der Waals surface area contributed by atoms with Crippen molar-refractivity contribution in [2.75, 3.05) is 13.1 Å². The van der Waals surface area contributed by atoms with Crippen LogP contribution < -0.4 is 0 Å². The first kappa shape index (κ1) is 17.2. The molecular weight excluding hydrogens is 246 g/mol. The minimum Gasteiger partial charge on any atom is -0.386 e. The Bertz CT molecular complexity index is 394. The lowest BCUT2D eigenvalue weighted by Gasteiger charge is -2.46. The fourth-order valence-corrected chi connectivity index (χ4v) is 3.40.